The maximum atomic E-state index is 11.3. The fraction of sp³-hybridized carbons (Fsp3) is 0.800. The average molecular weight is 214 g/mol. The largest absolute Gasteiger partial charge is 0.480 e. The fourth-order valence-corrected chi connectivity index (χ4v) is 1.32. The molecule has 1 saturated carbocycles. The van der Waals surface area contributed by atoms with Gasteiger partial charge in [-0.25, -0.2) is 0 Å². The lowest BCUT2D eigenvalue weighted by atomic mass is 10.2. The van der Waals surface area contributed by atoms with Crippen molar-refractivity contribution in [1.29, 1.82) is 0 Å². The molecule has 1 atom stereocenters. The first-order valence-corrected chi connectivity index (χ1v) is 5.39. The van der Waals surface area contributed by atoms with Crippen LogP contribution in [0.25, 0.3) is 0 Å². The summed E-state index contributed by atoms with van der Waals surface area (Å²) in [5.41, 5.74) is 0. The highest BCUT2D eigenvalue weighted by atomic mass is 16.4. The summed E-state index contributed by atoms with van der Waals surface area (Å²) in [4.78, 5) is 22.0. The van der Waals surface area contributed by atoms with E-state index in [2.05, 4.69) is 10.6 Å². The molecular weight excluding hydrogens is 196 g/mol. The van der Waals surface area contributed by atoms with Crippen molar-refractivity contribution in [2.45, 2.75) is 44.7 Å². The maximum absolute atomic E-state index is 11.3. The summed E-state index contributed by atoms with van der Waals surface area (Å²) in [6.45, 7) is 2.01. The molecule has 0 radical (unpaired) electrons. The summed E-state index contributed by atoms with van der Waals surface area (Å²) < 4.78 is 0. The van der Waals surface area contributed by atoms with E-state index in [1.165, 1.54) is 0 Å². The van der Waals surface area contributed by atoms with Crippen molar-refractivity contribution >= 4 is 11.9 Å². The minimum atomic E-state index is -0.893. The van der Waals surface area contributed by atoms with E-state index in [4.69, 9.17) is 5.11 Å². The van der Waals surface area contributed by atoms with E-state index in [1.54, 1.807) is 0 Å². The smallest absolute Gasteiger partial charge is 0.320 e. The van der Waals surface area contributed by atoms with Crippen LogP contribution in [0, 0.1) is 0 Å². The van der Waals surface area contributed by atoms with Crippen LogP contribution in [-0.4, -0.2) is 35.6 Å². The van der Waals surface area contributed by atoms with E-state index in [0.29, 0.717) is 12.5 Å². The first-order valence-electron chi connectivity index (χ1n) is 5.39. The van der Waals surface area contributed by atoms with Gasteiger partial charge in [0.25, 0.3) is 0 Å². The molecule has 15 heavy (non-hydrogen) atoms. The Labute approximate surface area is 89.2 Å². The Kier molecular flexibility index (Phi) is 4.55. The zero-order valence-corrected chi connectivity index (χ0v) is 8.95. The molecule has 1 aliphatic carbocycles. The molecule has 5 heteroatoms. The molecule has 0 aromatic rings. The second-order valence-corrected chi connectivity index (χ2v) is 3.90. The number of carbonyl (C=O) groups excluding carboxylic acids is 1. The molecule has 1 amide bonds. The first-order chi connectivity index (χ1) is 7.13. The van der Waals surface area contributed by atoms with Gasteiger partial charge in [0.05, 0.1) is 6.54 Å². The minimum absolute atomic E-state index is 0.0907. The number of carbonyl (C=O) groups is 2. The van der Waals surface area contributed by atoms with Gasteiger partial charge in [0.15, 0.2) is 0 Å². The van der Waals surface area contributed by atoms with Crippen LogP contribution in [0.2, 0.25) is 0 Å². The van der Waals surface area contributed by atoms with E-state index >= 15 is 0 Å². The number of hydrogen-bond donors (Lipinski definition) is 3. The van der Waals surface area contributed by atoms with Gasteiger partial charge < -0.3 is 10.4 Å². The van der Waals surface area contributed by atoms with Crippen LogP contribution in [0.15, 0.2) is 0 Å². The van der Waals surface area contributed by atoms with E-state index in [-0.39, 0.29) is 12.5 Å². The van der Waals surface area contributed by atoms with Crippen LogP contribution in [0.3, 0.4) is 0 Å². The average Bonchev–Trinajstić information content (AvgIpc) is 2.95. The van der Waals surface area contributed by atoms with Crippen LogP contribution in [0.1, 0.15) is 32.6 Å². The summed E-state index contributed by atoms with van der Waals surface area (Å²) >= 11 is 0. The summed E-state index contributed by atoms with van der Waals surface area (Å²) in [5, 5.41) is 14.4. The van der Waals surface area contributed by atoms with Gasteiger partial charge in [-0.2, -0.15) is 0 Å². The van der Waals surface area contributed by atoms with Crippen molar-refractivity contribution in [3.05, 3.63) is 0 Å². The van der Waals surface area contributed by atoms with Crippen LogP contribution < -0.4 is 10.6 Å². The lowest BCUT2D eigenvalue weighted by Gasteiger charge is -2.12. The van der Waals surface area contributed by atoms with Gasteiger partial charge in [0.2, 0.25) is 5.91 Å². The standard InChI is InChI=1S/C10H18N2O3/c1-2-3-8(10(14)15)11-6-9(13)12-7-4-5-7/h7-8,11H,2-6H2,1H3,(H,12,13)(H,14,15). The summed E-state index contributed by atoms with van der Waals surface area (Å²) in [7, 11) is 0. The maximum Gasteiger partial charge on any atom is 0.320 e. The van der Waals surface area contributed by atoms with Gasteiger partial charge in [0.1, 0.15) is 6.04 Å². The second-order valence-electron chi connectivity index (χ2n) is 3.90. The van der Waals surface area contributed by atoms with E-state index in [0.717, 1.165) is 19.3 Å². The zero-order chi connectivity index (χ0) is 11.3. The van der Waals surface area contributed by atoms with Gasteiger partial charge in [-0.1, -0.05) is 13.3 Å². The molecule has 0 saturated heterocycles. The first kappa shape index (κ1) is 12.0. The normalized spacial score (nSPS) is 17.1. The summed E-state index contributed by atoms with van der Waals surface area (Å²) in [5.74, 6) is -1.00. The molecule has 1 unspecified atom stereocenters. The van der Waals surface area contributed by atoms with Gasteiger partial charge >= 0.3 is 5.97 Å². The number of carboxylic acids is 1. The van der Waals surface area contributed by atoms with Crippen molar-refractivity contribution < 1.29 is 14.7 Å². The molecule has 0 heterocycles. The number of rotatable bonds is 7. The molecule has 0 aromatic carbocycles. The van der Waals surface area contributed by atoms with Gasteiger partial charge in [-0.15, -0.1) is 0 Å². The molecule has 1 rings (SSSR count). The molecule has 0 aliphatic heterocycles. The highest BCUT2D eigenvalue weighted by Gasteiger charge is 2.24. The van der Waals surface area contributed by atoms with Crippen molar-refractivity contribution in [2.75, 3.05) is 6.54 Å². The monoisotopic (exact) mass is 214 g/mol. The molecule has 86 valence electrons. The number of aliphatic carboxylic acids is 1. The van der Waals surface area contributed by atoms with Crippen LogP contribution in [-0.2, 0) is 9.59 Å². The minimum Gasteiger partial charge on any atom is -0.480 e. The number of carboxylic acid groups (broad SMARTS) is 1. The van der Waals surface area contributed by atoms with Crippen molar-refractivity contribution in [3.8, 4) is 0 Å². The molecule has 1 fully saturated rings. The van der Waals surface area contributed by atoms with Crippen LogP contribution in [0.4, 0.5) is 0 Å². The van der Waals surface area contributed by atoms with Gasteiger partial charge in [-0.3, -0.25) is 14.9 Å². The second kappa shape index (κ2) is 5.70. The molecule has 0 bridgehead atoms. The van der Waals surface area contributed by atoms with Gasteiger partial charge in [0, 0.05) is 6.04 Å². The number of amides is 1. The van der Waals surface area contributed by atoms with Gasteiger partial charge in [-0.05, 0) is 19.3 Å². The third-order valence-electron chi connectivity index (χ3n) is 2.33. The Balaban J connectivity index is 2.19. The van der Waals surface area contributed by atoms with Crippen molar-refractivity contribution in [3.63, 3.8) is 0 Å². The predicted octanol–water partition coefficient (Wildman–Crippen LogP) is 0.108. The number of nitrogens with one attached hydrogen (secondary N) is 2. The van der Waals surface area contributed by atoms with Crippen LogP contribution >= 0.6 is 0 Å². The molecule has 5 nitrogen and oxygen atoms in total. The van der Waals surface area contributed by atoms with E-state index < -0.39 is 12.0 Å². The molecule has 0 aromatic heterocycles. The SMILES string of the molecule is CCCC(NCC(=O)NC1CC1)C(=O)O. The highest BCUT2D eigenvalue weighted by Crippen LogP contribution is 2.18. The molecular formula is C10H18N2O3. The Morgan fingerprint density at radius 3 is 2.60 bits per heavy atom. The summed E-state index contributed by atoms with van der Waals surface area (Å²) in [6, 6.07) is -0.284. The quantitative estimate of drug-likeness (QED) is 0.562. The van der Waals surface area contributed by atoms with Crippen molar-refractivity contribution in [2.24, 2.45) is 0 Å². The van der Waals surface area contributed by atoms with Crippen molar-refractivity contribution in [1.82, 2.24) is 10.6 Å². The van der Waals surface area contributed by atoms with E-state index in [9.17, 15) is 9.59 Å². The lowest BCUT2D eigenvalue weighted by molar-refractivity contribution is -0.139. The molecule has 0 spiro atoms. The third-order valence-corrected chi connectivity index (χ3v) is 2.33. The Hall–Kier alpha value is -1.10. The van der Waals surface area contributed by atoms with Crippen LogP contribution in [0.5, 0.6) is 0 Å². The van der Waals surface area contributed by atoms with E-state index in [1.807, 2.05) is 6.92 Å². The Bertz CT molecular complexity index is 239. The lowest BCUT2D eigenvalue weighted by Crippen LogP contribution is -2.43. The highest BCUT2D eigenvalue weighted by molar-refractivity contribution is 5.80. The molecule has 1 aliphatic rings. The zero-order valence-electron chi connectivity index (χ0n) is 8.95. The third kappa shape index (κ3) is 4.78. The fourth-order valence-electron chi connectivity index (χ4n) is 1.32. The Morgan fingerprint density at radius 2 is 2.13 bits per heavy atom. The predicted molar refractivity (Wildman–Crippen MR) is 55.5 cm³/mol. The molecule has 3 N–H and O–H groups in total. The number of hydrogen-bond acceptors (Lipinski definition) is 3. The summed E-state index contributed by atoms with van der Waals surface area (Å²) in [6.07, 6.45) is 3.42. The Morgan fingerprint density at radius 1 is 1.47 bits per heavy atom. The topological polar surface area (TPSA) is 78.4 Å².